The first-order chi connectivity index (χ1) is 8.11. The standard InChI is InChI=1S/C12H24N2O2S/c13-9-11-3-1-2-4-12(11)10-14-5-7-17(15,16)8-6-14/h11-12H,1-10,13H2. The topological polar surface area (TPSA) is 63.4 Å². The van der Waals surface area contributed by atoms with E-state index in [1.807, 2.05) is 0 Å². The third-order valence-electron chi connectivity index (χ3n) is 4.30. The smallest absolute Gasteiger partial charge is 0.152 e. The minimum Gasteiger partial charge on any atom is -0.330 e. The largest absolute Gasteiger partial charge is 0.330 e. The number of sulfone groups is 1. The Labute approximate surface area is 104 Å². The molecule has 1 aliphatic heterocycles. The predicted molar refractivity (Wildman–Crippen MR) is 69.6 cm³/mol. The molecule has 1 saturated heterocycles. The molecule has 1 heterocycles. The molecule has 4 nitrogen and oxygen atoms in total. The molecule has 0 spiro atoms. The van der Waals surface area contributed by atoms with Gasteiger partial charge in [0.25, 0.3) is 0 Å². The molecule has 2 rings (SSSR count). The van der Waals surface area contributed by atoms with E-state index in [0.717, 1.165) is 26.2 Å². The van der Waals surface area contributed by atoms with E-state index >= 15 is 0 Å². The van der Waals surface area contributed by atoms with Crippen LogP contribution in [0.5, 0.6) is 0 Å². The maximum Gasteiger partial charge on any atom is 0.152 e. The summed E-state index contributed by atoms with van der Waals surface area (Å²) in [5.74, 6) is 2.02. The van der Waals surface area contributed by atoms with Gasteiger partial charge in [0, 0.05) is 19.6 Å². The fourth-order valence-electron chi connectivity index (χ4n) is 3.10. The lowest BCUT2D eigenvalue weighted by Crippen LogP contribution is -2.44. The van der Waals surface area contributed by atoms with Crippen LogP contribution in [0, 0.1) is 11.8 Å². The summed E-state index contributed by atoms with van der Waals surface area (Å²) in [6, 6.07) is 0. The van der Waals surface area contributed by atoms with Gasteiger partial charge in [-0.2, -0.15) is 0 Å². The van der Waals surface area contributed by atoms with E-state index < -0.39 is 9.84 Å². The average molecular weight is 260 g/mol. The van der Waals surface area contributed by atoms with E-state index in [4.69, 9.17) is 5.73 Å². The summed E-state index contributed by atoms with van der Waals surface area (Å²) < 4.78 is 22.7. The molecule has 0 aromatic heterocycles. The van der Waals surface area contributed by atoms with Crippen molar-refractivity contribution in [2.24, 2.45) is 17.6 Å². The Morgan fingerprint density at radius 3 is 2.24 bits per heavy atom. The SMILES string of the molecule is NCC1CCCCC1CN1CCS(=O)(=O)CC1. The number of nitrogens with zero attached hydrogens (tertiary/aromatic N) is 1. The second-order valence-electron chi connectivity index (χ2n) is 5.49. The molecule has 0 radical (unpaired) electrons. The Balaban J connectivity index is 1.84. The molecule has 2 atom stereocenters. The molecule has 0 aromatic rings. The first kappa shape index (κ1) is 13.3. The molecule has 0 bridgehead atoms. The van der Waals surface area contributed by atoms with Gasteiger partial charge >= 0.3 is 0 Å². The average Bonchev–Trinajstić information content (AvgIpc) is 2.32. The molecule has 0 aromatic carbocycles. The summed E-state index contributed by atoms with van der Waals surface area (Å²) in [7, 11) is -2.74. The zero-order valence-electron chi connectivity index (χ0n) is 10.5. The highest BCUT2D eigenvalue weighted by molar-refractivity contribution is 7.91. The van der Waals surface area contributed by atoms with Crippen molar-refractivity contribution in [2.75, 3.05) is 37.7 Å². The second-order valence-corrected chi connectivity index (χ2v) is 7.80. The Morgan fingerprint density at radius 2 is 1.65 bits per heavy atom. The van der Waals surface area contributed by atoms with Gasteiger partial charge in [-0.25, -0.2) is 8.42 Å². The van der Waals surface area contributed by atoms with Gasteiger partial charge < -0.3 is 10.6 Å². The zero-order valence-corrected chi connectivity index (χ0v) is 11.3. The van der Waals surface area contributed by atoms with Crippen LogP contribution in [0.1, 0.15) is 25.7 Å². The second kappa shape index (κ2) is 5.67. The van der Waals surface area contributed by atoms with Crippen molar-refractivity contribution < 1.29 is 8.42 Å². The minimum absolute atomic E-state index is 0.340. The Bertz CT molecular complexity index is 328. The summed E-state index contributed by atoms with van der Waals surface area (Å²) in [5, 5.41) is 0. The first-order valence-corrected chi connectivity index (χ1v) is 8.56. The van der Waals surface area contributed by atoms with Crippen LogP contribution in [-0.4, -0.2) is 51.0 Å². The summed E-state index contributed by atoms with van der Waals surface area (Å²) in [6.45, 7) is 3.28. The van der Waals surface area contributed by atoms with E-state index in [-0.39, 0.29) is 0 Å². The van der Waals surface area contributed by atoms with Crippen LogP contribution in [0.2, 0.25) is 0 Å². The maximum absolute atomic E-state index is 11.4. The molecule has 2 fully saturated rings. The molecule has 5 heteroatoms. The molecule has 2 unspecified atom stereocenters. The van der Waals surface area contributed by atoms with E-state index in [2.05, 4.69) is 4.90 Å². The number of rotatable bonds is 3. The van der Waals surface area contributed by atoms with Gasteiger partial charge in [0.1, 0.15) is 0 Å². The molecule has 2 N–H and O–H groups in total. The molecule has 0 amide bonds. The molecule has 1 aliphatic carbocycles. The van der Waals surface area contributed by atoms with Gasteiger partial charge in [-0.05, 0) is 31.2 Å². The highest BCUT2D eigenvalue weighted by Gasteiger charge is 2.28. The fraction of sp³-hybridized carbons (Fsp3) is 1.00. The van der Waals surface area contributed by atoms with Gasteiger partial charge in [-0.1, -0.05) is 12.8 Å². The van der Waals surface area contributed by atoms with Crippen LogP contribution in [-0.2, 0) is 9.84 Å². The number of hydrogen-bond acceptors (Lipinski definition) is 4. The lowest BCUT2D eigenvalue weighted by atomic mass is 9.79. The zero-order chi connectivity index (χ0) is 12.3. The van der Waals surface area contributed by atoms with E-state index in [1.165, 1.54) is 25.7 Å². The Morgan fingerprint density at radius 1 is 1.06 bits per heavy atom. The molecule has 17 heavy (non-hydrogen) atoms. The van der Waals surface area contributed by atoms with Crippen molar-refractivity contribution in [3.63, 3.8) is 0 Å². The van der Waals surface area contributed by atoms with Gasteiger partial charge in [-0.15, -0.1) is 0 Å². The summed E-state index contributed by atoms with van der Waals surface area (Å²) >= 11 is 0. The van der Waals surface area contributed by atoms with Crippen LogP contribution in [0.25, 0.3) is 0 Å². The van der Waals surface area contributed by atoms with Crippen LogP contribution >= 0.6 is 0 Å². The summed E-state index contributed by atoms with van der Waals surface area (Å²) in [4.78, 5) is 2.32. The molecule has 100 valence electrons. The minimum atomic E-state index is -2.74. The lowest BCUT2D eigenvalue weighted by molar-refractivity contribution is 0.161. The van der Waals surface area contributed by atoms with Crippen LogP contribution < -0.4 is 5.73 Å². The van der Waals surface area contributed by atoms with E-state index in [1.54, 1.807) is 0 Å². The van der Waals surface area contributed by atoms with E-state index in [9.17, 15) is 8.42 Å². The third-order valence-corrected chi connectivity index (χ3v) is 5.91. The molecule has 2 aliphatic rings. The summed E-state index contributed by atoms with van der Waals surface area (Å²) in [6.07, 6.45) is 5.15. The monoisotopic (exact) mass is 260 g/mol. The van der Waals surface area contributed by atoms with Gasteiger partial charge in [0.15, 0.2) is 9.84 Å². The highest BCUT2D eigenvalue weighted by atomic mass is 32.2. The highest BCUT2D eigenvalue weighted by Crippen LogP contribution is 2.30. The quantitative estimate of drug-likeness (QED) is 0.802. The predicted octanol–water partition coefficient (Wildman–Crippen LogP) is 0.482. The van der Waals surface area contributed by atoms with Crippen molar-refractivity contribution >= 4 is 9.84 Å². The summed E-state index contributed by atoms with van der Waals surface area (Å²) in [5.41, 5.74) is 5.83. The molecule has 1 saturated carbocycles. The van der Waals surface area contributed by atoms with Crippen molar-refractivity contribution in [3.8, 4) is 0 Å². The maximum atomic E-state index is 11.4. The number of nitrogens with two attached hydrogens (primary N) is 1. The van der Waals surface area contributed by atoms with Gasteiger partial charge in [-0.3, -0.25) is 0 Å². The number of hydrogen-bond donors (Lipinski definition) is 1. The first-order valence-electron chi connectivity index (χ1n) is 6.73. The van der Waals surface area contributed by atoms with Crippen molar-refractivity contribution in [1.82, 2.24) is 4.90 Å². The molecular formula is C12H24N2O2S. The van der Waals surface area contributed by atoms with Crippen molar-refractivity contribution in [2.45, 2.75) is 25.7 Å². The van der Waals surface area contributed by atoms with Crippen LogP contribution in [0.15, 0.2) is 0 Å². The van der Waals surface area contributed by atoms with Crippen molar-refractivity contribution in [1.29, 1.82) is 0 Å². The van der Waals surface area contributed by atoms with Gasteiger partial charge in [0.2, 0.25) is 0 Å². The van der Waals surface area contributed by atoms with Crippen LogP contribution in [0.3, 0.4) is 0 Å². The fourth-order valence-corrected chi connectivity index (χ4v) is 4.38. The van der Waals surface area contributed by atoms with Crippen LogP contribution in [0.4, 0.5) is 0 Å². The third kappa shape index (κ3) is 3.66. The Hall–Kier alpha value is -0.130. The lowest BCUT2D eigenvalue weighted by Gasteiger charge is -2.36. The van der Waals surface area contributed by atoms with Crippen molar-refractivity contribution in [3.05, 3.63) is 0 Å². The Kier molecular flexibility index (Phi) is 4.44. The van der Waals surface area contributed by atoms with E-state index in [0.29, 0.717) is 23.3 Å². The molecular weight excluding hydrogens is 236 g/mol. The normalized spacial score (nSPS) is 34.6. The van der Waals surface area contributed by atoms with Gasteiger partial charge in [0.05, 0.1) is 11.5 Å².